The van der Waals surface area contributed by atoms with Gasteiger partial charge in [-0.2, -0.15) is 0 Å². The number of aromatic nitrogens is 2. The van der Waals surface area contributed by atoms with E-state index in [1.165, 1.54) is 23.3 Å². The molecule has 0 fully saturated rings. The van der Waals surface area contributed by atoms with E-state index in [-0.39, 0.29) is 5.15 Å². The highest BCUT2D eigenvalue weighted by Gasteiger charge is 2.17. The number of nitrogens with one attached hydrogen (secondary N) is 1. The largest absolute Gasteiger partial charge is 0.465 e. The van der Waals surface area contributed by atoms with Crippen molar-refractivity contribution in [1.82, 2.24) is 9.97 Å². The number of halogens is 1. The number of nitrogens with zero attached hydrogens (tertiary/aromatic N) is 2. The molecule has 5 nitrogen and oxygen atoms in total. The molecule has 1 N–H and O–H groups in total. The Balaban J connectivity index is 1.89. The predicted molar refractivity (Wildman–Crippen MR) is 82.1 cm³/mol. The second-order valence-electron chi connectivity index (χ2n) is 3.88. The minimum Gasteiger partial charge on any atom is -0.465 e. The van der Waals surface area contributed by atoms with Crippen molar-refractivity contribution in [1.29, 1.82) is 0 Å². The molecule has 0 atom stereocenters. The van der Waals surface area contributed by atoms with Crippen LogP contribution in [0.2, 0.25) is 5.15 Å². The van der Waals surface area contributed by atoms with Gasteiger partial charge >= 0.3 is 5.97 Å². The summed E-state index contributed by atoms with van der Waals surface area (Å²) in [6, 6.07) is 0. The van der Waals surface area contributed by atoms with E-state index in [0.717, 1.165) is 17.8 Å². The summed E-state index contributed by atoms with van der Waals surface area (Å²) in [5.41, 5.74) is 0. The van der Waals surface area contributed by atoms with E-state index >= 15 is 0 Å². The van der Waals surface area contributed by atoms with Gasteiger partial charge in [0.2, 0.25) is 0 Å². The lowest BCUT2D eigenvalue weighted by Crippen LogP contribution is -2.03. The summed E-state index contributed by atoms with van der Waals surface area (Å²) < 4.78 is 4.63. The van der Waals surface area contributed by atoms with Crippen LogP contribution < -0.4 is 5.32 Å². The Morgan fingerprint density at radius 2 is 2.30 bits per heavy atom. The maximum atomic E-state index is 11.4. The molecule has 0 spiro atoms. The van der Waals surface area contributed by atoms with Gasteiger partial charge in [0.1, 0.15) is 0 Å². The van der Waals surface area contributed by atoms with Gasteiger partial charge in [-0.3, -0.25) is 0 Å². The minimum absolute atomic E-state index is 0.173. The molecule has 0 saturated heterocycles. The number of carbonyl (C=O) groups is 1. The summed E-state index contributed by atoms with van der Waals surface area (Å²) in [4.78, 5) is 21.4. The van der Waals surface area contributed by atoms with Gasteiger partial charge in [-0.25, -0.2) is 14.8 Å². The molecule has 0 aliphatic carbocycles. The molecule has 108 valence electrons. The number of methoxy groups -OCH3 is 1. The lowest BCUT2D eigenvalue weighted by molar-refractivity contribution is 0.0606. The highest BCUT2D eigenvalue weighted by atomic mass is 35.5. The van der Waals surface area contributed by atoms with Crippen molar-refractivity contribution in [3.63, 3.8) is 0 Å². The average Bonchev–Trinajstić information content (AvgIpc) is 3.05. The topological polar surface area (TPSA) is 64.1 Å². The van der Waals surface area contributed by atoms with E-state index in [1.54, 1.807) is 11.3 Å². The lowest BCUT2D eigenvalue weighted by Gasteiger charge is -1.99. The Morgan fingerprint density at radius 1 is 1.50 bits per heavy atom. The highest BCUT2D eigenvalue weighted by Crippen LogP contribution is 2.27. The van der Waals surface area contributed by atoms with Crippen LogP contribution in [0.15, 0.2) is 6.20 Å². The molecular weight excluding hydrogens is 318 g/mol. The Bertz CT molecular complexity index is 597. The second kappa shape index (κ2) is 7.01. The first-order chi connectivity index (χ1) is 9.63. The first-order valence-corrected chi connectivity index (χ1v) is 8.07. The van der Waals surface area contributed by atoms with Gasteiger partial charge < -0.3 is 10.1 Å². The molecule has 0 amide bonds. The number of anilines is 1. The molecule has 2 heterocycles. The molecule has 2 rings (SSSR count). The van der Waals surface area contributed by atoms with Crippen molar-refractivity contribution in [2.24, 2.45) is 0 Å². The zero-order chi connectivity index (χ0) is 14.5. The van der Waals surface area contributed by atoms with Gasteiger partial charge in [-0.1, -0.05) is 29.9 Å². The normalized spacial score (nSPS) is 10.6. The molecule has 20 heavy (non-hydrogen) atoms. The van der Waals surface area contributed by atoms with Crippen molar-refractivity contribution in [3.8, 4) is 0 Å². The van der Waals surface area contributed by atoms with E-state index in [2.05, 4.69) is 26.9 Å². The Kier molecular flexibility index (Phi) is 5.33. The number of aryl methyl sites for hydroxylation is 1. The Hall–Kier alpha value is -1.18. The standard InChI is InChI=1S/C12H14ClN3O2S2/c1-3-7-6-15-8(19-7)4-5-14-12-16-10(13)9(20-12)11(17)18-2/h6H,3-5H2,1-2H3,(H,14,16). The van der Waals surface area contributed by atoms with Crippen molar-refractivity contribution in [2.75, 3.05) is 19.0 Å². The van der Waals surface area contributed by atoms with Gasteiger partial charge in [0, 0.05) is 24.0 Å². The van der Waals surface area contributed by atoms with Gasteiger partial charge in [-0.15, -0.1) is 11.3 Å². The number of carbonyl (C=O) groups excluding carboxylic acids is 1. The van der Waals surface area contributed by atoms with Crippen LogP contribution in [-0.2, 0) is 17.6 Å². The summed E-state index contributed by atoms with van der Waals surface area (Å²) in [5.74, 6) is -0.465. The molecular formula is C12H14ClN3O2S2. The highest BCUT2D eigenvalue weighted by molar-refractivity contribution is 7.18. The van der Waals surface area contributed by atoms with Gasteiger partial charge in [-0.05, 0) is 6.42 Å². The summed E-state index contributed by atoms with van der Waals surface area (Å²) in [6.07, 6.45) is 3.74. The van der Waals surface area contributed by atoms with Crippen molar-refractivity contribution in [2.45, 2.75) is 19.8 Å². The third-order valence-corrected chi connectivity index (χ3v) is 5.10. The van der Waals surface area contributed by atoms with Crippen LogP contribution >= 0.6 is 34.3 Å². The molecule has 8 heteroatoms. The van der Waals surface area contributed by atoms with Crippen molar-refractivity contribution < 1.29 is 9.53 Å². The van der Waals surface area contributed by atoms with Crippen LogP contribution in [0.4, 0.5) is 5.13 Å². The van der Waals surface area contributed by atoms with Crippen LogP contribution in [0.3, 0.4) is 0 Å². The number of thiazole rings is 2. The van der Waals surface area contributed by atoms with Crippen molar-refractivity contribution >= 4 is 45.4 Å². The maximum absolute atomic E-state index is 11.4. The molecule has 0 radical (unpaired) electrons. The van der Waals surface area contributed by atoms with E-state index in [9.17, 15) is 4.79 Å². The van der Waals surface area contributed by atoms with Gasteiger partial charge in [0.25, 0.3) is 0 Å². The fraction of sp³-hybridized carbons (Fsp3) is 0.417. The number of esters is 1. The summed E-state index contributed by atoms with van der Waals surface area (Å²) in [5, 5.41) is 5.02. The zero-order valence-electron chi connectivity index (χ0n) is 11.1. The van der Waals surface area contributed by atoms with Crippen LogP contribution in [0.1, 0.15) is 26.5 Å². The number of hydrogen-bond donors (Lipinski definition) is 1. The average molecular weight is 332 g/mol. The second-order valence-corrected chi connectivity index (χ2v) is 6.44. The SMILES string of the molecule is CCc1cnc(CCNc2nc(Cl)c(C(=O)OC)s2)s1. The number of rotatable bonds is 6. The fourth-order valence-corrected chi connectivity index (χ4v) is 3.49. The molecule has 0 aromatic carbocycles. The minimum atomic E-state index is -0.465. The fourth-order valence-electron chi connectivity index (χ4n) is 1.50. The molecule has 0 aliphatic heterocycles. The van der Waals surface area contributed by atoms with Crippen molar-refractivity contribution in [3.05, 3.63) is 26.1 Å². The monoisotopic (exact) mass is 331 g/mol. The van der Waals surface area contributed by atoms with Crippen LogP contribution in [-0.4, -0.2) is 29.6 Å². The smallest absolute Gasteiger partial charge is 0.351 e. The predicted octanol–water partition coefficient (Wildman–Crippen LogP) is 3.26. The lowest BCUT2D eigenvalue weighted by atomic mass is 10.4. The van der Waals surface area contributed by atoms with E-state index in [0.29, 0.717) is 16.6 Å². The first-order valence-electron chi connectivity index (χ1n) is 6.06. The quantitative estimate of drug-likeness (QED) is 0.823. The molecule has 2 aromatic heterocycles. The zero-order valence-corrected chi connectivity index (χ0v) is 13.5. The molecule has 0 aliphatic rings. The summed E-state index contributed by atoms with van der Waals surface area (Å²) in [7, 11) is 1.32. The van der Waals surface area contributed by atoms with Crippen LogP contribution in [0.5, 0.6) is 0 Å². The first kappa shape index (κ1) is 15.2. The van der Waals surface area contributed by atoms with Crippen LogP contribution in [0, 0.1) is 0 Å². The molecule has 0 bridgehead atoms. The number of ether oxygens (including phenoxy) is 1. The maximum Gasteiger partial charge on any atom is 0.351 e. The summed E-state index contributed by atoms with van der Waals surface area (Å²) >= 11 is 8.79. The molecule has 2 aromatic rings. The Labute approximate surface area is 130 Å². The summed E-state index contributed by atoms with van der Waals surface area (Å²) in [6.45, 7) is 2.81. The Morgan fingerprint density at radius 3 is 2.95 bits per heavy atom. The number of hydrogen-bond acceptors (Lipinski definition) is 7. The van der Waals surface area contributed by atoms with Crippen LogP contribution in [0.25, 0.3) is 0 Å². The molecule has 0 unspecified atom stereocenters. The van der Waals surface area contributed by atoms with Gasteiger partial charge in [0.15, 0.2) is 15.2 Å². The van der Waals surface area contributed by atoms with Gasteiger partial charge in [0.05, 0.1) is 12.1 Å². The molecule has 0 saturated carbocycles. The third-order valence-electron chi connectivity index (χ3n) is 2.52. The van der Waals surface area contributed by atoms with E-state index < -0.39 is 5.97 Å². The van der Waals surface area contributed by atoms with E-state index in [1.807, 2.05) is 6.20 Å². The third kappa shape index (κ3) is 3.68. The van der Waals surface area contributed by atoms with E-state index in [4.69, 9.17) is 11.6 Å².